The second kappa shape index (κ2) is 1.95. The first kappa shape index (κ1) is 4.67. The molecule has 0 aliphatic rings. The van der Waals surface area contributed by atoms with Gasteiger partial charge in [0.1, 0.15) is 0 Å². The normalized spacial score (nSPS) is 8.50. The summed E-state index contributed by atoms with van der Waals surface area (Å²) >= 11 is 2.00. The minimum atomic E-state index is 2.00. The third-order valence-electron chi connectivity index (χ3n) is 0. The predicted molar refractivity (Wildman–Crippen MR) is 13.7 cm³/mol. The van der Waals surface area contributed by atoms with Crippen LogP contribution in [0.5, 0.6) is 0 Å². The molecule has 1 nitrogen and oxygen atoms in total. The van der Waals surface area contributed by atoms with Crippen molar-refractivity contribution in [3.63, 3.8) is 0 Å². The van der Waals surface area contributed by atoms with Crippen LogP contribution in [0, 0.1) is 0 Å². The van der Waals surface area contributed by atoms with Crippen molar-refractivity contribution in [2.24, 2.45) is 0 Å². The van der Waals surface area contributed by atoms with Gasteiger partial charge < -0.3 is 0 Å². The molecule has 0 radical (unpaired) electrons. The monoisotopic (exact) mass is 92.0 g/mol. The van der Waals surface area contributed by atoms with Gasteiger partial charge in [-0.3, -0.25) is 0 Å². The van der Waals surface area contributed by atoms with Crippen molar-refractivity contribution in [3.8, 4) is 0 Å². The molecular formula is C2H6NTi. The van der Waals surface area contributed by atoms with Gasteiger partial charge in [-0.15, -0.1) is 0 Å². The Bertz CT molecular complexity index is 10.8. The maximum atomic E-state index is 2.00. The summed E-state index contributed by atoms with van der Waals surface area (Å²) in [6.07, 6.45) is 0. The van der Waals surface area contributed by atoms with Gasteiger partial charge in [0.25, 0.3) is 0 Å². The van der Waals surface area contributed by atoms with E-state index >= 15 is 0 Å². The molecule has 0 aliphatic heterocycles. The molecule has 2 heteroatoms. The van der Waals surface area contributed by atoms with Gasteiger partial charge in [-0.25, -0.2) is 0 Å². The average Bonchev–Trinajstić information content (AvgIpc) is 0.811. The van der Waals surface area contributed by atoms with E-state index in [1.165, 1.54) is 0 Å². The van der Waals surface area contributed by atoms with Crippen LogP contribution in [0.15, 0.2) is 0 Å². The topological polar surface area (TPSA) is 3.24 Å². The molecule has 0 aliphatic carbocycles. The molecule has 0 saturated heterocycles. The molecule has 0 heterocycles. The molecule has 0 unspecified atom stereocenters. The Hall–Kier alpha value is 0.674. The van der Waals surface area contributed by atoms with Gasteiger partial charge in [-0.05, 0) is 0 Å². The summed E-state index contributed by atoms with van der Waals surface area (Å²) in [5.74, 6) is 0. The van der Waals surface area contributed by atoms with Crippen LogP contribution in [0.2, 0.25) is 0 Å². The quantitative estimate of drug-likeness (QED) is 0.380. The van der Waals surface area contributed by atoms with E-state index in [1.54, 1.807) is 0 Å². The van der Waals surface area contributed by atoms with E-state index in [0.717, 1.165) is 0 Å². The van der Waals surface area contributed by atoms with E-state index in [1.807, 2.05) is 38.2 Å². The van der Waals surface area contributed by atoms with E-state index in [4.69, 9.17) is 0 Å². The first-order chi connectivity index (χ1) is 1.73. The van der Waals surface area contributed by atoms with Crippen LogP contribution in [0.25, 0.3) is 0 Å². The van der Waals surface area contributed by atoms with Gasteiger partial charge in [-0.1, -0.05) is 0 Å². The van der Waals surface area contributed by atoms with Gasteiger partial charge in [-0.2, -0.15) is 0 Å². The van der Waals surface area contributed by atoms with Gasteiger partial charge in [0, 0.05) is 0 Å². The number of nitrogens with zero attached hydrogens (tertiary/aromatic N) is 1. The summed E-state index contributed by atoms with van der Waals surface area (Å²) in [5, 5.41) is 0. The molecule has 0 saturated carbocycles. The second-order valence-electron chi connectivity index (χ2n) is 0.894. The molecule has 0 rings (SSSR count). The Morgan fingerprint density at radius 2 is 1.50 bits per heavy atom. The third kappa shape index (κ3) is 16.5. The van der Waals surface area contributed by atoms with E-state index < -0.39 is 0 Å². The Morgan fingerprint density at radius 1 is 1.50 bits per heavy atom. The molecular weight excluding hydrogens is 85.9 g/mol. The summed E-state index contributed by atoms with van der Waals surface area (Å²) in [5.41, 5.74) is 0. The average molecular weight is 91.9 g/mol. The van der Waals surface area contributed by atoms with Crippen LogP contribution in [-0.4, -0.2) is 17.5 Å². The fraction of sp³-hybridized carbons (Fsp3) is 1.00. The number of rotatable bonds is 0. The maximum absolute atomic E-state index is 2.00. The Balaban J connectivity index is 2.32. The van der Waals surface area contributed by atoms with Crippen molar-refractivity contribution in [1.29, 1.82) is 0 Å². The number of hydrogen-bond donors (Lipinski definition) is 0. The fourth-order valence-corrected chi connectivity index (χ4v) is 0. The third-order valence-corrected chi connectivity index (χ3v) is 0. The molecule has 0 spiro atoms. The Labute approximate surface area is 38.7 Å². The van der Waals surface area contributed by atoms with Crippen LogP contribution in [0.4, 0.5) is 0 Å². The predicted octanol–water partition coefficient (Wildman–Crippen LogP) is 0.00980. The SMILES string of the molecule is C[N](C)[Ti]. The molecule has 0 atom stereocenters. The molecule has 0 aromatic heterocycles. The van der Waals surface area contributed by atoms with Gasteiger partial charge in [0.15, 0.2) is 0 Å². The van der Waals surface area contributed by atoms with Gasteiger partial charge >= 0.3 is 38.2 Å². The fourth-order valence-electron chi connectivity index (χ4n) is 0. The van der Waals surface area contributed by atoms with Crippen molar-refractivity contribution in [2.45, 2.75) is 0 Å². The van der Waals surface area contributed by atoms with Crippen LogP contribution in [-0.2, 0) is 20.7 Å². The summed E-state index contributed by atoms with van der Waals surface area (Å²) < 4.78 is 2.00. The van der Waals surface area contributed by atoms with E-state index in [0.29, 0.717) is 0 Å². The van der Waals surface area contributed by atoms with Gasteiger partial charge in [0.05, 0.1) is 0 Å². The molecule has 0 amide bonds. The summed E-state index contributed by atoms with van der Waals surface area (Å²) in [4.78, 5) is 0. The van der Waals surface area contributed by atoms with E-state index in [2.05, 4.69) is 0 Å². The van der Waals surface area contributed by atoms with Crippen molar-refractivity contribution in [1.82, 2.24) is 3.38 Å². The zero-order valence-corrected chi connectivity index (χ0v) is 4.51. The molecule has 4 heavy (non-hydrogen) atoms. The summed E-state index contributed by atoms with van der Waals surface area (Å²) in [6.45, 7) is 0. The first-order valence-electron chi connectivity index (χ1n) is 1.12. The molecule has 23 valence electrons. The zero-order chi connectivity index (χ0) is 3.58. The molecule has 0 aromatic rings. The van der Waals surface area contributed by atoms with Gasteiger partial charge in [0.2, 0.25) is 0 Å². The Kier molecular flexibility index (Phi) is 2.27. The van der Waals surface area contributed by atoms with Crippen LogP contribution in [0.3, 0.4) is 0 Å². The summed E-state index contributed by atoms with van der Waals surface area (Å²) in [7, 11) is 4.00. The summed E-state index contributed by atoms with van der Waals surface area (Å²) in [6, 6.07) is 0. The van der Waals surface area contributed by atoms with Crippen LogP contribution in [0.1, 0.15) is 0 Å². The molecule has 0 aromatic carbocycles. The van der Waals surface area contributed by atoms with Crippen molar-refractivity contribution < 1.29 is 20.7 Å². The molecule has 0 N–H and O–H groups in total. The van der Waals surface area contributed by atoms with E-state index in [-0.39, 0.29) is 0 Å². The standard InChI is InChI=1S/C2H6N.Ti/c1-3-2;/h1-2H3;/q-1;+1. The second-order valence-corrected chi connectivity index (χ2v) is 2.29. The van der Waals surface area contributed by atoms with Crippen LogP contribution >= 0.6 is 0 Å². The van der Waals surface area contributed by atoms with E-state index in [9.17, 15) is 0 Å². The zero-order valence-electron chi connectivity index (χ0n) is 2.95. The van der Waals surface area contributed by atoms with Crippen molar-refractivity contribution >= 4 is 0 Å². The number of hydrogen-bond acceptors (Lipinski definition) is 1. The molecule has 0 bridgehead atoms. The minimum absolute atomic E-state index is 2.00. The Morgan fingerprint density at radius 3 is 1.50 bits per heavy atom. The first-order valence-corrected chi connectivity index (χ1v) is 1.82. The van der Waals surface area contributed by atoms with Crippen LogP contribution < -0.4 is 0 Å². The molecule has 0 fully saturated rings. The van der Waals surface area contributed by atoms with Crippen molar-refractivity contribution in [2.75, 3.05) is 14.1 Å². The van der Waals surface area contributed by atoms with Crippen molar-refractivity contribution in [3.05, 3.63) is 0 Å².